The topological polar surface area (TPSA) is 70.7 Å². The van der Waals surface area contributed by atoms with E-state index in [2.05, 4.69) is 17.0 Å². The van der Waals surface area contributed by atoms with Crippen LogP contribution in [-0.4, -0.2) is 58.7 Å². The molecular formula is C12H29N3O3S. The molecule has 0 saturated heterocycles. The smallest absolute Gasteiger partial charge is 0.279 e. The van der Waals surface area contributed by atoms with E-state index in [0.717, 1.165) is 25.9 Å². The minimum Gasteiger partial charge on any atom is -0.377 e. The van der Waals surface area contributed by atoms with Gasteiger partial charge in [0, 0.05) is 20.1 Å². The Balaban J connectivity index is 3.78. The van der Waals surface area contributed by atoms with E-state index in [1.165, 1.54) is 4.31 Å². The van der Waals surface area contributed by atoms with Crippen LogP contribution in [0.1, 0.15) is 33.6 Å². The van der Waals surface area contributed by atoms with Crippen molar-refractivity contribution in [2.24, 2.45) is 0 Å². The molecule has 0 fully saturated rings. The first kappa shape index (κ1) is 18.8. The average Bonchev–Trinajstić information content (AvgIpc) is 2.34. The minimum absolute atomic E-state index is 0.117. The van der Waals surface area contributed by atoms with E-state index in [-0.39, 0.29) is 6.10 Å². The molecule has 0 aliphatic rings. The van der Waals surface area contributed by atoms with Crippen LogP contribution in [0.15, 0.2) is 0 Å². The third kappa shape index (κ3) is 10.3. The largest absolute Gasteiger partial charge is 0.377 e. The zero-order valence-corrected chi connectivity index (χ0v) is 13.4. The van der Waals surface area contributed by atoms with Crippen molar-refractivity contribution in [3.8, 4) is 0 Å². The van der Waals surface area contributed by atoms with E-state index in [1.54, 1.807) is 7.05 Å². The van der Waals surface area contributed by atoms with E-state index < -0.39 is 10.2 Å². The third-order valence-electron chi connectivity index (χ3n) is 2.50. The van der Waals surface area contributed by atoms with E-state index in [4.69, 9.17) is 4.74 Å². The zero-order chi connectivity index (χ0) is 14.7. The van der Waals surface area contributed by atoms with Gasteiger partial charge in [-0.15, -0.1) is 0 Å². The second kappa shape index (κ2) is 10.6. The fourth-order valence-electron chi connectivity index (χ4n) is 1.42. The van der Waals surface area contributed by atoms with Crippen LogP contribution in [0.25, 0.3) is 0 Å². The number of nitrogens with zero attached hydrogens (tertiary/aromatic N) is 1. The standard InChI is InChI=1S/C12H29N3O3S/c1-5-7-13-8-6-10-15(4)19(16,17)14-9-11-18-12(2)3/h12-14H,5-11H2,1-4H3. The monoisotopic (exact) mass is 295 g/mol. The average molecular weight is 295 g/mol. The predicted molar refractivity (Wildman–Crippen MR) is 78.4 cm³/mol. The molecule has 0 aromatic carbocycles. The molecule has 19 heavy (non-hydrogen) atoms. The Kier molecular flexibility index (Phi) is 10.4. The van der Waals surface area contributed by atoms with Gasteiger partial charge in [-0.05, 0) is 39.8 Å². The van der Waals surface area contributed by atoms with Crippen molar-refractivity contribution in [1.82, 2.24) is 14.3 Å². The Morgan fingerprint density at radius 1 is 1.21 bits per heavy atom. The summed E-state index contributed by atoms with van der Waals surface area (Å²) in [4.78, 5) is 0. The molecule has 0 aromatic rings. The second-order valence-corrected chi connectivity index (χ2v) is 6.61. The lowest BCUT2D eigenvalue weighted by molar-refractivity contribution is 0.0832. The van der Waals surface area contributed by atoms with Crippen molar-refractivity contribution in [1.29, 1.82) is 0 Å². The van der Waals surface area contributed by atoms with Crippen LogP contribution in [0.3, 0.4) is 0 Å². The van der Waals surface area contributed by atoms with E-state index >= 15 is 0 Å². The van der Waals surface area contributed by atoms with Gasteiger partial charge in [-0.3, -0.25) is 0 Å². The fourth-order valence-corrected chi connectivity index (χ4v) is 2.36. The first-order valence-electron chi connectivity index (χ1n) is 6.93. The Hall–Kier alpha value is -0.210. The van der Waals surface area contributed by atoms with Crippen LogP contribution in [-0.2, 0) is 14.9 Å². The Morgan fingerprint density at radius 3 is 2.47 bits per heavy atom. The predicted octanol–water partition coefficient (Wildman–Crippen LogP) is 0.567. The molecule has 0 unspecified atom stereocenters. The van der Waals surface area contributed by atoms with Gasteiger partial charge >= 0.3 is 0 Å². The van der Waals surface area contributed by atoms with Crippen LogP contribution >= 0.6 is 0 Å². The summed E-state index contributed by atoms with van der Waals surface area (Å²) in [5.74, 6) is 0. The first-order chi connectivity index (χ1) is 8.90. The van der Waals surface area contributed by atoms with Crippen molar-refractivity contribution in [3.63, 3.8) is 0 Å². The molecular weight excluding hydrogens is 266 g/mol. The zero-order valence-electron chi connectivity index (χ0n) is 12.6. The molecule has 116 valence electrons. The first-order valence-corrected chi connectivity index (χ1v) is 8.37. The molecule has 2 N–H and O–H groups in total. The number of ether oxygens (including phenoxy) is 1. The van der Waals surface area contributed by atoms with Gasteiger partial charge in [0.1, 0.15) is 0 Å². The van der Waals surface area contributed by atoms with Crippen LogP contribution in [0.5, 0.6) is 0 Å². The highest BCUT2D eigenvalue weighted by Gasteiger charge is 2.15. The summed E-state index contributed by atoms with van der Waals surface area (Å²) >= 11 is 0. The molecule has 0 atom stereocenters. The summed E-state index contributed by atoms with van der Waals surface area (Å²) in [6.45, 7) is 8.96. The molecule has 0 aliphatic heterocycles. The van der Waals surface area contributed by atoms with Crippen LogP contribution < -0.4 is 10.0 Å². The molecule has 6 nitrogen and oxygen atoms in total. The summed E-state index contributed by atoms with van der Waals surface area (Å²) in [6.07, 6.45) is 2.01. The van der Waals surface area contributed by atoms with E-state index in [1.807, 2.05) is 13.8 Å². The second-order valence-electron chi connectivity index (χ2n) is 4.74. The molecule has 0 rings (SSSR count). The molecule has 0 bridgehead atoms. The Bertz CT molecular complexity index is 307. The lowest BCUT2D eigenvalue weighted by Gasteiger charge is -2.18. The number of nitrogens with one attached hydrogen (secondary N) is 2. The summed E-state index contributed by atoms with van der Waals surface area (Å²) in [7, 11) is -1.79. The molecule has 0 spiro atoms. The molecule has 0 amide bonds. The summed E-state index contributed by atoms with van der Waals surface area (Å²) in [6, 6.07) is 0. The molecule has 0 saturated carbocycles. The van der Waals surface area contributed by atoms with Crippen LogP contribution in [0, 0.1) is 0 Å². The lowest BCUT2D eigenvalue weighted by atomic mass is 10.4. The van der Waals surface area contributed by atoms with Gasteiger partial charge in [-0.2, -0.15) is 17.4 Å². The van der Waals surface area contributed by atoms with E-state index in [9.17, 15) is 8.42 Å². The molecule has 0 heterocycles. The summed E-state index contributed by atoms with van der Waals surface area (Å²) in [5, 5.41) is 3.24. The highest BCUT2D eigenvalue weighted by molar-refractivity contribution is 7.87. The van der Waals surface area contributed by atoms with Crippen LogP contribution in [0.2, 0.25) is 0 Å². The molecule has 0 aliphatic carbocycles. The van der Waals surface area contributed by atoms with Crippen molar-refractivity contribution in [3.05, 3.63) is 0 Å². The maximum Gasteiger partial charge on any atom is 0.279 e. The quantitative estimate of drug-likeness (QED) is 0.516. The maximum absolute atomic E-state index is 11.8. The highest BCUT2D eigenvalue weighted by atomic mass is 32.2. The van der Waals surface area contributed by atoms with Crippen molar-refractivity contribution in [2.75, 3.05) is 39.8 Å². The molecule has 0 radical (unpaired) electrons. The van der Waals surface area contributed by atoms with Gasteiger partial charge in [0.2, 0.25) is 0 Å². The molecule has 7 heteroatoms. The van der Waals surface area contributed by atoms with Gasteiger partial charge in [-0.25, -0.2) is 0 Å². The van der Waals surface area contributed by atoms with Gasteiger partial charge in [0.05, 0.1) is 12.7 Å². The summed E-state index contributed by atoms with van der Waals surface area (Å²) < 4.78 is 32.8. The van der Waals surface area contributed by atoms with Gasteiger partial charge < -0.3 is 10.1 Å². The summed E-state index contributed by atoms with van der Waals surface area (Å²) in [5.41, 5.74) is 0. The van der Waals surface area contributed by atoms with Gasteiger partial charge in [0.25, 0.3) is 10.2 Å². The van der Waals surface area contributed by atoms with Crippen molar-refractivity contribution >= 4 is 10.2 Å². The number of hydrogen-bond donors (Lipinski definition) is 2. The third-order valence-corrected chi connectivity index (χ3v) is 4.07. The lowest BCUT2D eigenvalue weighted by Crippen LogP contribution is -2.40. The van der Waals surface area contributed by atoms with Crippen LogP contribution in [0.4, 0.5) is 0 Å². The normalized spacial score (nSPS) is 12.5. The van der Waals surface area contributed by atoms with Gasteiger partial charge in [0.15, 0.2) is 0 Å². The fraction of sp³-hybridized carbons (Fsp3) is 1.00. The highest BCUT2D eigenvalue weighted by Crippen LogP contribution is 1.95. The van der Waals surface area contributed by atoms with Crippen molar-refractivity contribution in [2.45, 2.75) is 39.7 Å². The molecule has 0 aromatic heterocycles. The van der Waals surface area contributed by atoms with E-state index in [0.29, 0.717) is 19.7 Å². The SMILES string of the molecule is CCCNCCCN(C)S(=O)(=O)NCCOC(C)C. The maximum atomic E-state index is 11.8. The Labute approximate surface area is 118 Å². The van der Waals surface area contributed by atoms with Crippen molar-refractivity contribution < 1.29 is 13.2 Å². The number of hydrogen-bond acceptors (Lipinski definition) is 4. The Morgan fingerprint density at radius 2 is 1.89 bits per heavy atom. The number of rotatable bonds is 12. The minimum atomic E-state index is -3.38. The van der Waals surface area contributed by atoms with Gasteiger partial charge in [-0.1, -0.05) is 6.92 Å².